The quantitative estimate of drug-likeness (QED) is 0.491. The minimum Gasteiger partial charge on any atom is -0.477 e. The molecular weight excluding hydrogens is 371 g/mol. The number of hydrogen-bond acceptors (Lipinski definition) is 4. The van der Waals surface area contributed by atoms with Crippen LogP contribution in [-0.2, 0) is 4.74 Å². The predicted molar refractivity (Wildman–Crippen MR) is 85.3 cm³/mol. The summed E-state index contributed by atoms with van der Waals surface area (Å²) in [7, 11) is 1.33. The third-order valence-corrected chi connectivity index (χ3v) is 2.65. The van der Waals surface area contributed by atoms with Gasteiger partial charge in [0.15, 0.2) is 6.10 Å². The number of carbonyl (C=O) groups excluding carboxylic acids is 1. The highest BCUT2D eigenvalue weighted by Crippen LogP contribution is 2.23. The third kappa shape index (κ3) is 6.46. The van der Waals surface area contributed by atoms with Gasteiger partial charge in [-0.2, -0.15) is 0 Å². The van der Waals surface area contributed by atoms with Crippen LogP contribution in [0, 0.1) is 28.3 Å². The van der Waals surface area contributed by atoms with Gasteiger partial charge < -0.3 is 14.6 Å². The first kappa shape index (κ1) is 18.3. The minimum atomic E-state index is -0.433. The van der Waals surface area contributed by atoms with Crippen LogP contribution >= 0.6 is 22.6 Å². The Morgan fingerprint density at radius 1 is 1.50 bits per heavy atom. The largest absolute Gasteiger partial charge is 0.477 e. The summed E-state index contributed by atoms with van der Waals surface area (Å²) in [6, 6.07) is 5.25. The maximum atomic E-state index is 11.5. The highest BCUT2D eigenvalue weighted by Gasteiger charge is 2.14. The van der Waals surface area contributed by atoms with Crippen molar-refractivity contribution in [2.75, 3.05) is 13.7 Å². The molecule has 1 aromatic carbocycles. The van der Waals surface area contributed by atoms with E-state index < -0.39 is 5.97 Å². The van der Waals surface area contributed by atoms with Crippen LogP contribution < -0.4 is 4.74 Å². The Morgan fingerprint density at radius 2 is 2.10 bits per heavy atom. The van der Waals surface area contributed by atoms with Gasteiger partial charge in [0.05, 0.1) is 7.11 Å². The summed E-state index contributed by atoms with van der Waals surface area (Å²) >= 11 is 2.11. The number of ether oxygens (including phenoxy) is 2. The maximum Gasteiger partial charge on any atom is 0.341 e. The van der Waals surface area contributed by atoms with Crippen molar-refractivity contribution < 1.29 is 19.4 Å². The first-order valence-electron chi connectivity index (χ1n) is 5.55. The van der Waals surface area contributed by atoms with Crippen molar-refractivity contribution >= 4 is 28.6 Å². The van der Waals surface area contributed by atoms with Gasteiger partial charge in [-0.15, -0.1) is 12.8 Å². The number of rotatable bonds is 3. The standard InChI is InChI=1S/C12H11IO3.C3H4O/c1-4-8(2)16-11-6-5-9(13)7-10(11)12(14)15-3;1-2-3-4/h1,5-8H,2-3H3;1,4H,3H2. The number of benzene rings is 1. The van der Waals surface area contributed by atoms with Crippen molar-refractivity contribution in [1.29, 1.82) is 0 Å². The van der Waals surface area contributed by atoms with E-state index in [0.29, 0.717) is 11.3 Å². The number of terminal acetylenes is 2. The van der Waals surface area contributed by atoms with E-state index in [4.69, 9.17) is 16.3 Å². The summed E-state index contributed by atoms with van der Waals surface area (Å²) in [4.78, 5) is 11.5. The van der Waals surface area contributed by atoms with Gasteiger partial charge in [-0.05, 0) is 47.7 Å². The minimum absolute atomic E-state index is 0.153. The van der Waals surface area contributed by atoms with Crippen molar-refractivity contribution in [3.05, 3.63) is 27.3 Å². The Morgan fingerprint density at radius 3 is 2.55 bits per heavy atom. The lowest BCUT2D eigenvalue weighted by molar-refractivity contribution is 0.0595. The van der Waals surface area contributed by atoms with Crippen LogP contribution in [0.2, 0.25) is 0 Å². The van der Waals surface area contributed by atoms with E-state index in [9.17, 15) is 4.79 Å². The van der Waals surface area contributed by atoms with Crippen LogP contribution in [0.4, 0.5) is 0 Å². The molecule has 0 aliphatic carbocycles. The zero-order valence-corrected chi connectivity index (χ0v) is 13.4. The molecule has 0 bridgehead atoms. The number of carbonyl (C=O) groups is 1. The van der Waals surface area contributed by atoms with E-state index in [0.717, 1.165) is 3.57 Å². The lowest BCUT2D eigenvalue weighted by Crippen LogP contribution is -2.12. The van der Waals surface area contributed by atoms with E-state index in [1.807, 2.05) is 12.0 Å². The van der Waals surface area contributed by atoms with Crippen LogP contribution in [0.1, 0.15) is 17.3 Å². The zero-order chi connectivity index (χ0) is 15.5. The molecule has 106 valence electrons. The highest BCUT2D eigenvalue weighted by atomic mass is 127. The van der Waals surface area contributed by atoms with Crippen molar-refractivity contribution in [2.45, 2.75) is 13.0 Å². The summed E-state index contributed by atoms with van der Waals surface area (Å²) in [5, 5.41) is 7.64. The maximum absolute atomic E-state index is 11.5. The molecular formula is C15H15IO4. The third-order valence-electron chi connectivity index (χ3n) is 1.98. The molecule has 1 N–H and O–H groups in total. The molecule has 0 aliphatic rings. The molecule has 0 amide bonds. The summed E-state index contributed by atoms with van der Waals surface area (Å²) < 4.78 is 11.0. The van der Waals surface area contributed by atoms with E-state index >= 15 is 0 Å². The first-order valence-corrected chi connectivity index (χ1v) is 6.63. The van der Waals surface area contributed by atoms with Crippen LogP contribution in [0.3, 0.4) is 0 Å². The molecule has 1 unspecified atom stereocenters. The number of hydrogen-bond donors (Lipinski definition) is 1. The SMILES string of the molecule is C#CC(C)Oc1ccc(I)cc1C(=O)OC.C#CCO. The van der Waals surface area contributed by atoms with Crippen LogP contribution in [0.25, 0.3) is 0 Å². The number of halogens is 1. The molecule has 0 aliphatic heterocycles. The van der Waals surface area contributed by atoms with E-state index in [2.05, 4.69) is 39.7 Å². The van der Waals surface area contributed by atoms with Gasteiger partial charge in [0.25, 0.3) is 0 Å². The molecule has 1 atom stereocenters. The molecule has 1 aromatic rings. The molecule has 0 aromatic heterocycles. The van der Waals surface area contributed by atoms with E-state index in [1.54, 1.807) is 19.1 Å². The molecule has 5 heteroatoms. The first-order chi connectivity index (χ1) is 9.49. The predicted octanol–water partition coefficient (Wildman–Crippen LogP) is 2.09. The number of esters is 1. The molecule has 1 rings (SSSR count). The van der Waals surface area contributed by atoms with Crippen molar-refractivity contribution in [1.82, 2.24) is 0 Å². The van der Waals surface area contributed by atoms with Gasteiger partial charge in [-0.3, -0.25) is 0 Å². The number of methoxy groups -OCH3 is 1. The molecule has 0 heterocycles. The normalized spacial score (nSPS) is 10.1. The van der Waals surface area contributed by atoms with E-state index in [-0.39, 0.29) is 12.7 Å². The van der Waals surface area contributed by atoms with Gasteiger partial charge in [0.2, 0.25) is 0 Å². The molecule has 0 fully saturated rings. The van der Waals surface area contributed by atoms with Crippen LogP contribution in [-0.4, -0.2) is 30.9 Å². The fraction of sp³-hybridized carbons (Fsp3) is 0.267. The molecule has 0 saturated heterocycles. The lowest BCUT2D eigenvalue weighted by atomic mass is 10.2. The van der Waals surface area contributed by atoms with Gasteiger partial charge in [0, 0.05) is 3.57 Å². The lowest BCUT2D eigenvalue weighted by Gasteiger charge is -2.12. The van der Waals surface area contributed by atoms with E-state index in [1.165, 1.54) is 7.11 Å². The average Bonchev–Trinajstić information content (AvgIpc) is 2.48. The zero-order valence-electron chi connectivity index (χ0n) is 11.2. The highest BCUT2D eigenvalue weighted by molar-refractivity contribution is 14.1. The number of aliphatic hydroxyl groups excluding tert-OH is 1. The molecule has 0 saturated carbocycles. The van der Waals surface area contributed by atoms with Crippen LogP contribution in [0.15, 0.2) is 18.2 Å². The summed E-state index contributed by atoms with van der Waals surface area (Å²) in [5.41, 5.74) is 0.386. The Kier molecular flexibility index (Phi) is 9.27. The van der Waals surface area contributed by atoms with Crippen molar-refractivity contribution in [2.24, 2.45) is 0 Å². The Balaban J connectivity index is 0.000000796. The Labute approximate surface area is 132 Å². The fourth-order valence-corrected chi connectivity index (χ4v) is 1.59. The van der Waals surface area contributed by atoms with Gasteiger partial charge in [-0.25, -0.2) is 4.79 Å². The second-order valence-corrected chi connectivity index (χ2v) is 4.67. The average molecular weight is 386 g/mol. The summed E-state index contributed by atoms with van der Waals surface area (Å²) in [5.74, 6) is 4.43. The fourth-order valence-electron chi connectivity index (χ4n) is 1.10. The van der Waals surface area contributed by atoms with Gasteiger partial charge in [-0.1, -0.05) is 11.8 Å². The second kappa shape index (κ2) is 10.1. The summed E-state index contributed by atoms with van der Waals surface area (Å²) in [6.07, 6.45) is 9.36. The monoisotopic (exact) mass is 386 g/mol. The van der Waals surface area contributed by atoms with Gasteiger partial charge in [0.1, 0.15) is 17.9 Å². The Bertz CT molecular complexity index is 526. The van der Waals surface area contributed by atoms with Crippen LogP contribution in [0.5, 0.6) is 5.75 Å². The van der Waals surface area contributed by atoms with Crippen molar-refractivity contribution in [3.8, 4) is 30.4 Å². The van der Waals surface area contributed by atoms with Gasteiger partial charge >= 0.3 is 5.97 Å². The molecule has 4 nitrogen and oxygen atoms in total. The molecule has 20 heavy (non-hydrogen) atoms. The molecule has 0 radical (unpaired) electrons. The molecule has 0 spiro atoms. The van der Waals surface area contributed by atoms with Crippen molar-refractivity contribution in [3.63, 3.8) is 0 Å². The summed E-state index contributed by atoms with van der Waals surface area (Å²) in [6.45, 7) is 1.58. The topological polar surface area (TPSA) is 55.8 Å². The number of aliphatic hydroxyl groups is 1. The smallest absolute Gasteiger partial charge is 0.341 e. The Hall–Kier alpha value is -1.70. The second-order valence-electron chi connectivity index (χ2n) is 3.42.